The van der Waals surface area contributed by atoms with Crippen molar-refractivity contribution in [2.75, 3.05) is 53.9 Å². The number of nitrogens with zero attached hydrogens (tertiary/aromatic N) is 6. The summed E-state index contributed by atoms with van der Waals surface area (Å²) in [6.07, 6.45) is 2.35. The maximum absolute atomic E-state index is 11.7. The Morgan fingerprint density at radius 3 is 2.58 bits per heavy atom. The molecule has 0 atom stereocenters. The molecular weight excluding hydrogens is 445 g/mol. The Bertz CT molecular complexity index is 601. The van der Waals surface area contributed by atoms with E-state index in [1.165, 1.54) is 0 Å². The number of aliphatic imine (C=N–C) groups is 1. The van der Waals surface area contributed by atoms with Gasteiger partial charge in [-0.2, -0.15) is 0 Å². The Balaban J connectivity index is 0.00000338. The Labute approximate surface area is 173 Å². The van der Waals surface area contributed by atoms with Crippen molar-refractivity contribution in [3.05, 3.63) is 23.8 Å². The highest BCUT2D eigenvalue weighted by Crippen LogP contribution is 2.04. The molecule has 0 unspecified atom stereocenters. The molecule has 1 saturated heterocycles. The summed E-state index contributed by atoms with van der Waals surface area (Å²) in [4.78, 5) is 30.8. The number of carbonyl (C=O) groups excluding carboxylic acids is 1. The van der Waals surface area contributed by atoms with Gasteiger partial charge in [0.15, 0.2) is 5.96 Å². The number of carbonyl (C=O) groups is 1. The number of nitrogens with one attached hydrogen (secondary N) is 1. The van der Waals surface area contributed by atoms with E-state index in [0.717, 1.165) is 50.2 Å². The van der Waals surface area contributed by atoms with Crippen molar-refractivity contribution in [3.8, 4) is 0 Å². The number of amides is 1. The molecule has 1 aromatic rings. The molecule has 9 heteroatoms. The quantitative estimate of drug-likeness (QED) is 0.382. The van der Waals surface area contributed by atoms with Crippen LogP contribution in [-0.4, -0.2) is 90.4 Å². The lowest BCUT2D eigenvalue weighted by Gasteiger charge is -2.36. The van der Waals surface area contributed by atoms with Crippen LogP contribution in [-0.2, 0) is 11.3 Å². The van der Waals surface area contributed by atoms with Crippen LogP contribution < -0.4 is 5.32 Å². The second-order valence-corrected chi connectivity index (χ2v) is 6.36. The third-order valence-corrected chi connectivity index (χ3v) is 4.29. The van der Waals surface area contributed by atoms with E-state index < -0.39 is 0 Å². The number of halogens is 1. The van der Waals surface area contributed by atoms with Crippen molar-refractivity contribution >= 4 is 35.8 Å². The summed E-state index contributed by atoms with van der Waals surface area (Å²) in [6.45, 7) is 7.02. The average molecular weight is 475 g/mol. The summed E-state index contributed by atoms with van der Waals surface area (Å²) in [6, 6.07) is 1.91. The summed E-state index contributed by atoms with van der Waals surface area (Å²) >= 11 is 0. The lowest BCUT2D eigenvalue weighted by molar-refractivity contribution is -0.129. The minimum absolute atomic E-state index is 0. The van der Waals surface area contributed by atoms with Crippen molar-refractivity contribution < 1.29 is 4.79 Å². The van der Waals surface area contributed by atoms with Crippen molar-refractivity contribution in [2.24, 2.45) is 4.99 Å². The van der Waals surface area contributed by atoms with Gasteiger partial charge < -0.3 is 15.1 Å². The number of hydrogen-bond acceptors (Lipinski definition) is 5. The molecule has 8 nitrogen and oxygen atoms in total. The number of rotatable bonds is 5. The maximum atomic E-state index is 11.7. The summed E-state index contributed by atoms with van der Waals surface area (Å²) in [5, 5.41) is 3.37. The van der Waals surface area contributed by atoms with Crippen LogP contribution in [0.5, 0.6) is 0 Å². The van der Waals surface area contributed by atoms with Crippen LogP contribution in [0.4, 0.5) is 0 Å². The van der Waals surface area contributed by atoms with Gasteiger partial charge >= 0.3 is 0 Å². The van der Waals surface area contributed by atoms with Crippen LogP contribution in [0.2, 0.25) is 0 Å². The van der Waals surface area contributed by atoms with E-state index in [0.29, 0.717) is 13.0 Å². The standard InChI is InChI=1S/C17H29N7O.HI/c1-14-19-7-5-15(21-14)13-20-17(18-2)24-11-9-23(10-12-24)8-6-16(25)22(3)4;/h5,7H,6,8-13H2,1-4H3,(H,18,20);1H. The molecule has 2 rings (SSSR count). The number of guanidine groups is 1. The topological polar surface area (TPSA) is 77.0 Å². The van der Waals surface area contributed by atoms with Crippen LogP contribution in [0.15, 0.2) is 17.3 Å². The largest absolute Gasteiger partial charge is 0.351 e. The molecule has 1 fully saturated rings. The van der Waals surface area contributed by atoms with Crippen molar-refractivity contribution in [3.63, 3.8) is 0 Å². The molecule has 0 saturated carbocycles. The molecule has 1 aliphatic heterocycles. The van der Waals surface area contributed by atoms with E-state index in [1.807, 2.05) is 13.0 Å². The monoisotopic (exact) mass is 475 g/mol. The van der Waals surface area contributed by atoms with Gasteiger partial charge in [0, 0.05) is 66.5 Å². The summed E-state index contributed by atoms with van der Waals surface area (Å²) < 4.78 is 0. The smallest absolute Gasteiger partial charge is 0.223 e. The van der Waals surface area contributed by atoms with E-state index >= 15 is 0 Å². The van der Waals surface area contributed by atoms with E-state index in [1.54, 1.807) is 32.2 Å². The van der Waals surface area contributed by atoms with Gasteiger partial charge in [-0.05, 0) is 13.0 Å². The second-order valence-electron chi connectivity index (χ2n) is 6.36. The molecule has 1 aliphatic rings. The summed E-state index contributed by atoms with van der Waals surface area (Å²) in [5.74, 6) is 1.84. The first-order valence-corrected chi connectivity index (χ1v) is 8.66. The van der Waals surface area contributed by atoms with E-state index in [4.69, 9.17) is 0 Å². The van der Waals surface area contributed by atoms with Gasteiger partial charge in [-0.15, -0.1) is 24.0 Å². The van der Waals surface area contributed by atoms with Crippen LogP contribution >= 0.6 is 24.0 Å². The Morgan fingerprint density at radius 2 is 2.00 bits per heavy atom. The van der Waals surface area contributed by atoms with E-state index in [9.17, 15) is 4.79 Å². The molecule has 146 valence electrons. The van der Waals surface area contributed by atoms with Crippen molar-refractivity contribution in [1.29, 1.82) is 0 Å². The number of aromatic nitrogens is 2. The Morgan fingerprint density at radius 1 is 1.31 bits per heavy atom. The second kappa shape index (κ2) is 11.3. The third-order valence-electron chi connectivity index (χ3n) is 4.29. The molecule has 1 aromatic heterocycles. The van der Waals surface area contributed by atoms with Crippen LogP contribution in [0.1, 0.15) is 17.9 Å². The Hall–Kier alpha value is -1.49. The first-order chi connectivity index (χ1) is 12.0. The highest BCUT2D eigenvalue weighted by Gasteiger charge is 2.20. The lowest BCUT2D eigenvalue weighted by atomic mass is 10.3. The van der Waals surface area contributed by atoms with Gasteiger partial charge in [-0.25, -0.2) is 9.97 Å². The van der Waals surface area contributed by atoms with Crippen LogP contribution in [0.25, 0.3) is 0 Å². The molecule has 0 radical (unpaired) electrons. The fraction of sp³-hybridized carbons (Fsp3) is 0.647. The summed E-state index contributed by atoms with van der Waals surface area (Å²) in [7, 11) is 5.40. The molecule has 1 amide bonds. The lowest BCUT2D eigenvalue weighted by Crippen LogP contribution is -2.52. The third kappa shape index (κ3) is 7.02. The van der Waals surface area contributed by atoms with Crippen LogP contribution in [0, 0.1) is 6.92 Å². The molecule has 0 aliphatic carbocycles. The van der Waals surface area contributed by atoms with E-state index in [2.05, 4.69) is 30.1 Å². The van der Waals surface area contributed by atoms with Gasteiger partial charge in [0.05, 0.1) is 12.2 Å². The molecule has 1 N–H and O–H groups in total. The molecular formula is C17H30IN7O. The molecule has 26 heavy (non-hydrogen) atoms. The van der Waals surface area contributed by atoms with Gasteiger partial charge in [0.25, 0.3) is 0 Å². The van der Waals surface area contributed by atoms with Gasteiger partial charge in [0.2, 0.25) is 5.91 Å². The van der Waals surface area contributed by atoms with Crippen molar-refractivity contribution in [2.45, 2.75) is 19.9 Å². The molecule has 0 bridgehead atoms. The first kappa shape index (κ1) is 22.6. The summed E-state index contributed by atoms with van der Waals surface area (Å²) in [5.41, 5.74) is 0.953. The fourth-order valence-corrected chi connectivity index (χ4v) is 2.77. The van der Waals surface area contributed by atoms with Gasteiger partial charge in [-0.3, -0.25) is 14.7 Å². The minimum Gasteiger partial charge on any atom is -0.351 e. The zero-order valence-electron chi connectivity index (χ0n) is 16.1. The van der Waals surface area contributed by atoms with Crippen LogP contribution in [0.3, 0.4) is 0 Å². The molecule has 0 aromatic carbocycles. The highest BCUT2D eigenvalue weighted by molar-refractivity contribution is 14.0. The SMILES string of the molecule is CN=C(NCc1ccnc(C)n1)N1CCN(CCC(=O)N(C)C)CC1.I. The average Bonchev–Trinajstić information content (AvgIpc) is 2.61. The van der Waals surface area contributed by atoms with Gasteiger partial charge in [-0.1, -0.05) is 0 Å². The zero-order chi connectivity index (χ0) is 18.2. The first-order valence-electron chi connectivity index (χ1n) is 8.66. The van der Waals surface area contributed by atoms with E-state index in [-0.39, 0.29) is 29.9 Å². The number of piperazine rings is 1. The molecule has 0 spiro atoms. The minimum atomic E-state index is 0. The molecule has 2 heterocycles. The van der Waals surface area contributed by atoms with Crippen molar-refractivity contribution in [1.82, 2.24) is 30.0 Å². The van der Waals surface area contributed by atoms with Gasteiger partial charge in [0.1, 0.15) is 5.82 Å². The predicted molar refractivity (Wildman–Crippen MR) is 114 cm³/mol. The highest BCUT2D eigenvalue weighted by atomic mass is 127. The number of aryl methyl sites for hydroxylation is 1. The zero-order valence-corrected chi connectivity index (χ0v) is 18.4. The predicted octanol–water partition coefficient (Wildman–Crippen LogP) is 0.574. The maximum Gasteiger partial charge on any atom is 0.223 e. The fourth-order valence-electron chi connectivity index (χ4n) is 2.77. The number of hydrogen-bond donors (Lipinski definition) is 1. The Kier molecular flexibility index (Phi) is 9.78. The normalized spacial score (nSPS) is 15.4.